The Hall–Kier alpha value is -2.40. The monoisotopic (exact) mass is 269 g/mol. The summed E-state index contributed by atoms with van der Waals surface area (Å²) in [5.74, 6) is 0.111. The zero-order valence-corrected chi connectivity index (χ0v) is 11.1. The van der Waals surface area contributed by atoms with Crippen molar-refractivity contribution in [1.82, 2.24) is 15.0 Å². The lowest BCUT2D eigenvalue weighted by Crippen LogP contribution is -2.06. The first-order chi connectivity index (χ1) is 9.63. The Morgan fingerprint density at radius 1 is 1.10 bits per heavy atom. The summed E-state index contributed by atoms with van der Waals surface area (Å²) in [6.07, 6.45) is 0.0886. The molecule has 20 heavy (non-hydrogen) atoms. The molecule has 0 fully saturated rings. The molecule has 0 radical (unpaired) electrons. The van der Waals surface area contributed by atoms with Gasteiger partial charge in [-0.3, -0.25) is 0 Å². The average Bonchev–Trinajstić information content (AvgIpc) is 2.84. The van der Waals surface area contributed by atoms with Crippen LogP contribution in [0.25, 0.3) is 16.7 Å². The number of hydrogen-bond acceptors (Lipinski definition) is 4. The number of nitrogens with zero attached hydrogens (tertiary/aromatic N) is 3. The molecule has 2 aromatic carbocycles. The van der Waals surface area contributed by atoms with E-state index in [9.17, 15) is 10.2 Å². The molecule has 1 atom stereocenters. The van der Waals surface area contributed by atoms with Gasteiger partial charge in [-0.25, -0.2) is 0 Å². The third-order valence-electron chi connectivity index (χ3n) is 3.07. The number of hydrogen-bond donors (Lipinski definition) is 2. The highest BCUT2D eigenvalue weighted by Gasteiger charge is 2.10. The maximum Gasteiger partial charge on any atom is 0.143 e. The van der Waals surface area contributed by atoms with E-state index >= 15 is 0 Å². The first-order valence-electron chi connectivity index (χ1n) is 6.46. The SMILES string of the molecule is CC(O)Cc1ccc(O)c(-n2nc3ccccc3n2)c1. The Balaban J connectivity index is 2.07. The topological polar surface area (TPSA) is 71.2 Å². The number of phenolic OH excluding ortho intramolecular Hbond substituents is 1. The van der Waals surface area contributed by atoms with Gasteiger partial charge in [0.05, 0.1) is 6.10 Å². The zero-order chi connectivity index (χ0) is 14.1. The summed E-state index contributed by atoms with van der Waals surface area (Å²) >= 11 is 0. The number of aliphatic hydroxyl groups is 1. The Morgan fingerprint density at radius 2 is 1.75 bits per heavy atom. The van der Waals surface area contributed by atoms with Gasteiger partial charge >= 0.3 is 0 Å². The second-order valence-electron chi connectivity index (χ2n) is 4.85. The summed E-state index contributed by atoms with van der Waals surface area (Å²) < 4.78 is 0. The molecule has 0 saturated carbocycles. The van der Waals surface area contributed by atoms with Crippen LogP contribution in [-0.4, -0.2) is 31.3 Å². The minimum atomic E-state index is -0.433. The van der Waals surface area contributed by atoms with Crippen LogP contribution in [0.4, 0.5) is 0 Å². The molecule has 3 rings (SSSR count). The second-order valence-corrected chi connectivity index (χ2v) is 4.85. The highest BCUT2D eigenvalue weighted by atomic mass is 16.3. The van der Waals surface area contributed by atoms with Crippen molar-refractivity contribution in [2.45, 2.75) is 19.4 Å². The van der Waals surface area contributed by atoms with E-state index in [2.05, 4.69) is 10.2 Å². The van der Waals surface area contributed by atoms with Crippen molar-refractivity contribution in [3.05, 3.63) is 48.0 Å². The van der Waals surface area contributed by atoms with Gasteiger partial charge in [-0.05, 0) is 43.2 Å². The van der Waals surface area contributed by atoms with Crippen LogP contribution in [0, 0.1) is 0 Å². The van der Waals surface area contributed by atoms with Crippen molar-refractivity contribution < 1.29 is 10.2 Å². The second kappa shape index (κ2) is 4.94. The number of aromatic hydroxyl groups is 1. The Labute approximate surface area is 116 Å². The smallest absolute Gasteiger partial charge is 0.143 e. The van der Waals surface area contributed by atoms with Crippen LogP contribution in [0.1, 0.15) is 12.5 Å². The predicted molar refractivity (Wildman–Crippen MR) is 75.9 cm³/mol. The molecule has 5 nitrogen and oxygen atoms in total. The molecular weight excluding hydrogens is 254 g/mol. The molecule has 5 heteroatoms. The minimum Gasteiger partial charge on any atom is -0.506 e. The largest absolute Gasteiger partial charge is 0.506 e. The van der Waals surface area contributed by atoms with Crippen LogP contribution >= 0.6 is 0 Å². The fourth-order valence-corrected chi connectivity index (χ4v) is 2.16. The van der Waals surface area contributed by atoms with Crippen molar-refractivity contribution in [2.24, 2.45) is 0 Å². The average molecular weight is 269 g/mol. The van der Waals surface area contributed by atoms with E-state index < -0.39 is 6.10 Å². The summed E-state index contributed by atoms with van der Waals surface area (Å²) in [6.45, 7) is 1.73. The highest BCUT2D eigenvalue weighted by Crippen LogP contribution is 2.23. The van der Waals surface area contributed by atoms with Gasteiger partial charge in [0.15, 0.2) is 0 Å². The summed E-state index contributed by atoms with van der Waals surface area (Å²) in [5, 5.41) is 28.1. The molecular formula is C15H15N3O2. The molecule has 1 unspecified atom stereocenters. The molecule has 3 aromatic rings. The first kappa shape index (κ1) is 12.6. The van der Waals surface area contributed by atoms with Crippen LogP contribution in [-0.2, 0) is 6.42 Å². The highest BCUT2D eigenvalue weighted by molar-refractivity contribution is 5.73. The van der Waals surface area contributed by atoms with E-state index in [4.69, 9.17) is 0 Å². The van der Waals surface area contributed by atoms with E-state index in [0.717, 1.165) is 16.6 Å². The first-order valence-corrected chi connectivity index (χ1v) is 6.46. The fourth-order valence-electron chi connectivity index (χ4n) is 2.16. The third-order valence-corrected chi connectivity index (χ3v) is 3.07. The Bertz CT molecular complexity index is 717. The number of fused-ring (bicyclic) bond motifs is 1. The van der Waals surface area contributed by atoms with Crippen LogP contribution < -0.4 is 0 Å². The Morgan fingerprint density at radius 3 is 2.35 bits per heavy atom. The van der Waals surface area contributed by atoms with Gasteiger partial charge in [-0.1, -0.05) is 18.2 Å². The lowest BCUT2D eigenvalue weighted by atomic mass is 10.1. The fraction of sp³-hybridized carbons (Fsp3) is 0.200. The van der Waals surface area contributed by atoms with Crippen molar-refractivity contribution in [3.8, 4) is 11.4 Å². The lowest BCUT2D eigenvalue weighted by Gasteiger charge is -2.08. The van der Waals surface area contributed by atoms with Gasteiger partial charge < -0.3 is 10.2 Å². The molecule has 0 saturated heterocycles. The molecule has 0 aliphatic rings. The van der Waals surface area contributed by atoms with Gasteiger partial charge in [0, 0.05) is 0 Å². The number of phenols is 1. The number of aliphatic hydroxyl groups excluding tert-OH is 1. The van der Waals surface area contributed by atoms with Gasteiger partial charge in [0.2, 0.25) is 0 Å². The molecule has 0 amide bonds. The standard InChI is InChI=1S/C15H15N3O2/c1-10(19)8-11-6-7-15(20)14(9-11)18-16-12-4-2-3-5-13(12)17-18/h2-7,9-10,19-20H,8H2,1H3. The van der Waals surface area contributed by atoms with Crippen molar-refractivity contribution in [1.29, 1.82) is 0 Å². The maximum absolute atomic E-state index is 9.98. The van der Waals surface area contributed by atoms with Crippen LogP contribution in [0.3, 0.4) is 0 Å². The summed E-state index contributed by atoms with van der Waals surface area (Å²) in [4.78, 5) is 1.42. The van der Waals surface area contributed by atoms with E-state index in [0.29, 0.717) is 12.1 Å². The molecule has 0 bridgehead atoms. The van der Waals surface area contributed by atoms with Crippen molar-refractivity contribution in [3.63, 3.8) is 0 Å². The molecule has 102 valence electrons. The van der Waals surface area contributed by atoms with Crippen molar-refractivity contribution >= 4 is 11.0 Å². The minimum absolute atomic E-state index is 0.111. The van der Waals surface area contributed by atoms with Crippen LogP contribution in [0.5, 0.6) is 5.75 Å². The molecule has 1 aromatic heterocycles. The normalized spacial score (nSPS) is 12.7. The number of aromatic nitrogens is 3. The van der Waals surface area contributed by atoms with Gasteiger partial charge in [-0.2, -0.15) is 0 Å². The third kappa shape index (κ3) is 2.35. The molecule has 0 spiro atoms. The summed E-state index contributed by atoms with van der Waals surface area (Å²) in [6, 6.07) is 12.7. The van der Waals surface area contributed by atoms with Crippen LogP contribution in [0.2, 0.25) is 0 Å². The van der Waals surface area contributed by atoms with Gasteiger partial charge in [0.1, 0.15) is 22.5 Å². The maximum atomic E-state index is 9.98. The predicted octanol–water partition coefficient (Wildman–Crippen LogP) is 2.05. The van der Waals surface area contributed by atoms with E-state index in [-0.39, 0.29) is 5.75 Å². The Kier molecular flexibility index (Phi) is 3.12. The molecule has 0 aliphatic heterocycles. The van der Waals surface area contributed by atoms with E-state index in [1.807, 2.05) is 24.3 Å². The van der Waals surface area contributed by atoms with Crippen LogP contribution in [0.15, 0.2) is 42.5 Å². The quantitative estimate of drug-likeness (QED) is 0.763. The summed E-state index contributed by atoms with van der Waals surface area (Å²) in [7, 11) is 0. The lowest BCUT2D eigenvalue weighted by molar-refractivity contribution is 0.195. The number of rotatable bonds is 3. The summed E-state index contributed by atoms with van der Waals surface area (Å²) in [5.41, 5.74) is 2.98. The number of benzene rings is 2. The molecule has 1 heterocycles. The van der Waals surface area contributed by atoms with E-state index in [1.165, 1.54) is 4.80 Å². The molecule has 2 N–H and O–H groups in total. The van der Waals surface area contributed by atoms with Gasteiger partial charge in [-0.15, -0.1) is 15.0 Å². The van der Waals surface area contributed by atoms with E-state index in [1.54, 1.807) is 25.1 Å². The zero-order valence-electron chi connectivity index (χ0n) is 11.1. The molecule has 0 aliphatic carbocycles. The van der Waals surface area contributed by atoms with Gasteiger partial charge in [0.25, 0.3) is 0 Å². The van der Waals surface area contributed by atoms with Crippen molar-refractivity contribution in [2.75, 3.05) is 0 Å².